The Hall–Kier alpha value is -2.02. The molecule has 3 rings (SSSR count). The summed E-state index contributed by atoms with van der Waals surface area (Å²) >= 11 is 1.92. The molecule has 0 bridgehead atoms. The molecule has 1 aliphatic rings. The predicted octanol–water partition coefficient (Wildman–Crippen LogP) is 3.77. The number of methoxy groups -OCH3 is 1. The highest BCUT2D eigenvalue weighted by molar-refractivity contribution is 7.99. The number of benzene rings is 1. The van der Waals surface area contributed by atoms with Crippen LogP contribution in [-0.2, 0) is 5.75 Å². The van der Waals surface area contributed by atoms with Crippen LogP contribution in [0.5, 0.6) is 5.75 Å². The van der Waals surface area contributed by atoms with Crippen molar-refractivity contribution in [2.45, 2.75) is 43.1 Å². The van der Waals surface area contributed by atoms with Crippen molar-refractivity contribution in [3.8, 4) is 5.75 Å². The molecule has 128 valence electrons. The van der Waals surface area contributed by atoms with Gasteiger partial charge in [-0.1, -0.05) is 31.4 Å². The van der Waals surface area contributed by atoms with Crippen molar-refractivity contribution < 1.29 is 4.74 Å². The summed E-state index contributed by atoms with van der Waals surface area (Å²) in [5.74, 6) is 2.90. The van der Waals surface area contributed by atoms with E-state index in [9.17, 15) is 0 Å². The molecule has 0 radical (unpaired) electrons. The third kappa shape index (κ3) is 4.50. The Balaban J connectivity index is 1.69. The number of hydrogen-bond donors (Lipinski definition) is 2. The zero-order chi connectivity index (χ0) is 16.8. The van der Waals surface area contributed by atoms with Gasteiger partial charge in [-0.3, -0.25) is 0 Å². The van der Waals surface area contributed by atoms with Gasteiger partial charge in [0.05, 0.1) is 18.6 Å². The van der Waals surface area contributed by atoms with Gasteiger partial charge in [-0.15, -0.1) is 0 Å². The fraction of sp³-hybridized carbons (Fsp3) is 0.471. The van der Waals surface area contributed by atoms with Gasteiger partial charge in [0, 0.05) is 5.25 Å². The molecule has 24 heavy (non-hydrogen) atoms. The minimum Gasteiger partial charge on any atom is -0.495 e. The van der Waals surface area contributed by atoms with Crippen LogP contribution < -0.4 is 15.8 Å². The quantitative estimate of drug-likeness (QED) is 0.824. The van der Waals surface area contributed by atoms with E-state index in [2.05, 4.69) is 20.3 Å². The molecule has 2 aromatic rings. The monoisotopic (exact) mass is 345 g/mol. The number of para-hydroxylation sites is 2. The number of nitrogen functional groups attached to an aromatic ring is 1. The second-order valence-corrected chi connectivity index (χ2v) is 7.12. The van der Waals surface area contributed by atoms with E-state index < -0.39 is 0 Å². The molecule has 7 heteroatoms. The largest absolute Gasteiger partial charge is 0.495 e. The van der Waals surface area contributed by atoms with E-state index in [1.165, 1.54) is 32.1 Å². The molecule has 0 aliphatic heterocycles. The van der Waals surface area contributed by atoms with Crippen LogP contribution >= 0.6 is 11.8 Å². The highest BCUT2D eigenvalue weighted by atomic mass is 32.2. The molecule has 6 nitrogen and oxygen atoms in total. The summed E-state index contributed by atoms with van der Waals surface area (Å²) in [6, 6.07) is 7.63. The van der Waals surface area contributed by atoms with Crippen LogP contribution in [0, 0.1) is 0 Å². The Bertz CT molecular complexity index is 676. The predicted molar refractivity (Wildman–Crippen MR) is 98.7 cm³/mol. The van der Waals surface area contributed by atoms with E-state index in [4.69, 9.17) is 10.5 Å². The van der Waals surface area contributed by atoms with Gasteiger partial charge in [0.1, 0.15) is 11.6 Å². The number of nitrogens with zero attached hydrogens (tertiary/aromatic N) is 3. The van der Waals surface area contributed by atoms with Crippen LogP contribution in [0.2, 0.25) is 0 Å². The average Bonchev–Trinajstić information content (AvgIpc) is 2.61. The Labute approximate surface area is 146 Å². The van der Waals surface area contributed by atoms with E-state index in [1.54, 1.807) is 7.11 Å². The minimum absolute atomic E-state index is 0.238. The van der Waals surface area contributed by atoms with Gasteiger partial charge < -0.3 is 15.8 Å². The molecule has 1 aliphatic carbocycles. The van der Waals surface area contributed by atoms with Gasteiger partial charge in [0.2, 0.25) is 11.9 Å². The first-order valence-corrected chi connectivity index (χ1v) is 9.31. The summed E-state index contributed by atoms with van der Waals surface area (Å²) in [6.45, 7) is 0. The van der Waals surface area contributed by atoms with Gasteiger partial charge in [0.15, 0.2) is 0 Å². The third-order valence-corrected chi connectivity index (χ3v) is 5.42. The summed E-state index contributed by atoms with van der Waals surface area (Å²) in [5.41, 5.74) is 6.65. The van der Waals surface area contributed by atoms with Crippen molar-refractivity contribution in [1.29, 1.82) is 0 Å². The van der Waals surface area contributed by atoms with Crippen LogP contribution in [0.4, 0.5) is 17.6 Å². The zero-order valence-corrected chi connectivity index (χ0v) is 14.7. The van der Waals surface area contributed by atoms with Crippen LogP contribution in [0.25, 0.3) is 0 Å². The van der Waals surface area contributed by atoms with Crippen molar-refractivity contribution in [1.82, 2.24) is 15.0 Å². The Kier molecular flexibility index (Phi) is 5.74. The molecule has 1 aromatic heterocycles. The van der Waals surface area contributed by atoms with Crippen molar-refractivity contribution in [2.75, 3.05) is 18.2 Å². The van der Waals surface area contributed by atoms with Gasteiger partial charge in [-0.2, -0.15) is 26.7 Å². The number of aromatic nitrogens is 3. The first-order valence-electron chi connectivity index (χ1n) is 8.26. The Morgan fingerprint density at radius 2 is 1.96 bits per heavy atom. The van der Waals surface area contributed by atoms with Crippen molar-refractivity contribution in [3.05, 3.63) is 30.1 Å². The van der Waals surface area contributed by atoms with Gasteiger partial charge in [0.25, 0.3) is 0 Å². The highest BCUT2D eigenvalue weighted by Crippen LogP contribution is 2.30. The first kappa shape index (κ1) is 16.8. The number of thioether (sulfide) groups is 1. The summed E-state index contributed by atoms with van der Waals surface area (Å²) in [4.78, 5) is 12.9. The van der Waals surface area contributed by atoms with E-state index in [-0.39, 0.29) is 5.95 Å². The number of rotatable bonds is 6. The number of anilines is 3. The summed E-state index contributed by atoms with van der Waals surface area (Å²) in [5, 5.41) is 3.88. The smallest absolute Gasteiger partial charge is 0.232 e. The standard InChI is InChI=1S/C17H23N5OS/c1-23-14-10-6-5-9-13(14)19-17-21-15(20-16(18)22-17)11-24-12-7-3-2-4-8-12/h5-6,9-10,12H,2-4,7-8,11H2,1H3,(H3,18,19,20,21,22). The van der Waals surface area contributed by atoms with E-state index in [0.717, 1.165) is 23.0 Å². The second kappa shape index (κ2) is 8.19. The lowest BCUT2D eigenvalue weighted by atomic mass is 10.0. The van der Waals surface area contributed by atoms with Crippen LogP contribution in [0.3, 0.4) is 0 Å². The molecule has 0 atom stereocenters. The molecule has 0 saturated heterocycles. The van der Waals surface area contributed by atoms with E-state index in [0.29, 0.717) is 11.2 Å². The molecule has 1 aromatic carbocycles. The average molecular weight is 345 g/mol. The van der Waals surface area contributed by atoms with Crippen molar-refractivity contribution >= 4 is 29.3 Å². The minimum atomic E-state index is 0.238. The maximum Gasteiger partial charge on any atom is 0.232 e. The third-order valence-electron chi connectivity index (χ3n) is 4.05. The molecule has 0 amide bonds. The molecule has 1 heterocycles. The molecular formula is C17H23N5OS. The number of ether oxygens (including phenoxy) is 1. The topological polar surface area (TPSA) is 86.0 Å². The number of nitrogens with two attached hydrogens (primary N) is 1. The lowest BCUT2D eigenvalue weighted by Crippen LogP contribution is -2.10. The molecule has 0 unspecified atom stereocenters. The van der Waals surface area contributed by atoms with E-state index in [1.807, 2.05) is 36.0 Å². The number of hydrogen-bond acceptors (Lipinski definition) is 7. The second-order valence-electron chi connectivity index (χ2n) is 5.83. The normalized spacial score (nSPS) is 15.2. The zero-order valence-electron chi connectivity index (χ0n) is 13.9. The summed E-state index contributed by atoms with van der Waals surface area (Å²) < 4.78 is 5.34. The molecule has 1 saturated carbocycles. The Morgan fingerprint density at radius 3 is 2.75 bits per heavy atom. The number of nitrogens with one attached hydrogen (secondary N) is 1. The molecule has 0 spiro atoms. The molecular weight excluding hydrogens is 322 g/mol. The van der Waals surface area contributed by atoms with Crippen LogP contribution in [0.15, 0.2) is 24.3 Å². The van der Waals surface area contributed by atoms with E-state index >= 15 is 0 Å². The SMILES string of the molecule is COc1ccccc1Nc1nc(N)nc(CSC2CCCCC2)n1. The molecule has 3 N–H and O–H groups in total. The van der Waals surface area contributed by atoms with Gasteiger partial charge >= 0.3 is 0 Å². The molecule has 1 fully saturated rings. The fourth-order valence-corrected chi connectivity index (χ4v) is 4.03. The first-order chi connectivity index (χ1) is 11.7. The fourth-order valence-electron chi connectivity index (χ4n) is 2.85. The van der Waals surface area contributed by atoms with Crippen LogP contribution in [-0.4, -0.2) is 27.3 Å². The van der Waals surface area contributed by atoms with Crippen molar-refractivity contribution in [2.24, 2.45) is 0 Å². The highest BCUT2D eigenvalue weighted by Gasteiger charge is 2.15. The van der Waals surface area contributed by atoms with Gasteiger partial charge in [-0.05, 0) is 25.0 Å². The maximum absolute atomic E-state index is 5.85. The van der Waals surface area contributed by atoms with Crippen molar-refractivity contribution in [3.63, 3.8) is 0 Å². The lowest BCUT2D eigenvalue weighted by molar-refractivity contribution is 0.417. The summed E-state index contributed by atoms with van der Waals surface area (Å²) in [6.07, 6.45) is 6.60. The van der Waals surface area contributed by atoms with Gasteiger partial charge in [-0.25, -0.2) is 0 Å². The Morgan fingerprint density at radius 1 is 1.17 bits per heavy atom. The summed E-state index contributed by atoms with van der Waals surface area (Å²) in [7, 11) is 1.63. The van der Waals surface area contributed by atoms with Crippen LogP contribution in [0.1, 0.15) is 37.9 Å². The maximum atomic E-state index is 5.85. The lowest BCUT2D eigenvalue weighted by Gasteiger charge is -2.20.